The van der Waals surface area contributed by atoms with Crippen molar-refractivity contribution in [1.82, 2.24) is 5.32 Å². The summed E-state index contributed by atoms with van der Waals surface area (Å²) in [6.45, 7) is 1.94. The Hall–Kier alpha value is -2.29. The average molecular weight is 255 g/mol. The highest BCUT2D eigenvalue weighted by molar-refractivity contribution is 5.94. The second kappa shape index (κ2) is 6.05. The number of carbonyl (C=O) groups excluding carboxylic acids is 1. The van der Waals surface area contributed by atoms with Crippen molar-refractivity contribution in [3.8, 4) is 5.75 Å². The highest BCUT2D eigenvalue weighted by Crippen LogP contribution is 2.24. The van der Waals surface area contributed by atoms with E-state index >= 15 is 0 Å². The minimum absolute atomic E-state index is 0.0843. The van der Waals surface area contributed by atoms with Gasteiger partial charge in [0.15, 0.2) is 0 Å². The van der Waals surface area contributed by atoms with Crippen LogP contribution >= 0.6 is 0 Å². The number of methoxy groups -OCH3 is 1. The number of nitrogens with one attached hydrogen (secondary N) is 1. The molecule has 0 saturated carbocycles. The summed E-state index contributed by atoms with van der Waals surface area (Å²) in [7, 11) is 1.63. The molecule has 0 aliphatic rings. The molecule has 0 aliphatic heterocycles. The van der Waals surface area contributed by atoms with Gasteiger partial charge in [-0.1, -0.05) is 36.4 Å². The van der Waals surface area contributed by atoms with Crippen LogP contribution in [0.5, 0.6) is 5.75 Å². The number of hydrogen-bond acceptors (Lipinski definition) is 2. The van der Waals surface area contributed by atoms with Crippen LogP contribution in [-0.4, -0.2) is 13.0 Å². The monoisotopic (exact) mass is 255 g/mol. The maximum atomic E-state index is 12.1. The molecule has 2 rings (SSSR count). The molecule has 0 aliphatic carbocycles. The molecule has 3 nitrogen and oxygen atoms in total. The minimum Gasteiger partial charge on any atom is -0.496 e. The third-order valence-electron chi connectivity index (χ3n) is 2.99. The minimum atomic E-state index is -0.108. The van der Waals surface area contributed by atoms with Gasteiger partial charge in [0.25, 0.3) is 5.91 Å². The van der Waals surface area contributed by atoms with Crippen molar-refractivity contribution < 1.29 is 9.53 Å². The molecule has 0 spiro atoms. The summed E-state index contributed by atoms with van der Waals surface area (Å²) in [6.07, 6.45) is 0. The molecule has 2 aromatic rings. The molecule has 0 fully saturated rings. The lowest BCUT2D eigenvalue weighted by molar-refractivity contribution is 0.0939. The van der Waals surface area contributed by atoms with E-state index in [-0.39, 0.29) is 11.9 Å². The lowest BCUT2D eigenvalue weighted by Crippen LogP contribution is -2.26. The molecule has 98 valence electrons. The molecular weight excluding hydrogens is 238 g/mol. The van der Waals surface area contributed by atoms with Crippen molar-refractivity contribution in [3.63, 3.8) is 0 Å². The van der Waals surface area contributed by atoms with Gasteiger partial charge < -0.3 is 10.1 Å². The van der Waals surface area contributed by atoms with E-state index in [1.54, 1.807) is 19.2 Å². The third-order valence-corrected chi connectivity index (χ3v) is 2.99. The molecule has 0 unspecified atom stereocenters. The van der Waals surface area contributed by atoms with Crippen LogP contribution in [0, 0.1) is 0 Å². The van der Waals surface area contributed by atoms with Gasteiger partial charge in [-0.05, 0) is 25.1 Å². The van der Waals surface area contributed by atoms with Crippen molar-refractivity contribution >= 4 is 5.91 Å². The van der Waals surface area contributed by atoms with Gasteiger partial charge in [0.1, 0.15) is 5.75 Å². The number of ether oxygens (including phenoxy) is 1. The van der Waals surface area contributed by atoms with Gasteiger partial charge in [-0.2, -0.15) is 0 Å². The van der Waals surface area contributed by atoms with E-state index in [1.807, 2.05) is 49.4 Å². The smallest absolute Gasteiger partial charge is 0.251 e. The molecule has 0 radical (unpaired) electrons. The van der Waals surface area contributed by atoms with Crippen molar-refractivity contribution in [2.45, 2.75) is 13.0 Å². The van der Waals surface area contributed by atoms with Crippen LogP contribution in [0.3, 0.4) is 0 Å². The predicted molar refractivity (Wildman–Crippen MR) is 75.3 cm³/mol. The normalized spacial score (nSPS) is 11.7. The standard InChI is InChI=1S/C16H17NO2/c1-12(14-10-6-7-11-15(14)19-2)17-16(18)13-8-4-3-5-9-13/h3-12H,1-2H3,(H,17,18)/t12-/m0/s1. The van der Waals surface area contributed by atoms with E-state index in [0.29, 0.717) is 5.56 Å². The summed E-state index contributed by atoms with van der Waals surface area (Å²) in [5.41, 5.74) is 1.62. The Morgan fingerprint density at radius 2 is 1.68 bits per heavy atom. The molecule has 0 saturated heterocycles. The molecule has 0 heterocycles. The highest BCUT2D eigenvalue weighted by atomic mass is 16.5. The zero-order valence-electron chi connectivity index (χ0n) is 11.1. The number of para-hydroxylation sites is 1. The fourth-order valence-corrected chi connectivity index (χ4v) is 1.97. The zero-order chi connectivity index (χ0) is 13.7. The van der Waals surface area contributed by atoms with E-state index in [9.17, 15) is 4.79 Å². The van der Waals surface area contributed by atoms with E-state index in [2.05, 4.69) is 5.32 Å². The summed E-state index contributed by atoms with van der Waals surface area (Å²) in [5, 5.41) is 2.97. The first-order valence-electron chi connectivity index (χ1n) is 6.21. The summed E-state index contributed by atoms with van der Waals surface area (Å²) in [4.78, 5) is 12.1. The molecule has 0 aromatic heterocycles. The van der Waals surface area contributed by atoms with E-state index in [4.69, 9.17) is 4.74 Å². The fourth-order valence-electron chi connectivity index (χ4n) is 1.97. The molecule has 0 bridgehead atoms. The summed E-state index contributed by atoms with van der Waals surface area (Å²) >= 11 is 0. The molecule has 1 atom stereocenters. The zero-order valence-corrected chi connectivity index (χ0v) is 11.1. The summed E-state index contributed by atoms with van der Waals surface area (Å²) in [5.74, 6) is 0.697. The van der Waals surface area contributed by atoms with Crippen LogP contribution in [-0.2, 0) is 0 Å². The van der Waals surface area contributed by atoms with Gasteiger partial charge in [-0.25, -0.2) is 0 Å². The molecule has 1 amide bonds. The molecule has 1 N–H and O–H groups in total. The van der Waals surface area contributed by atoms with E-state index in [1.165, 1.54) is 0 Å². The number of carbonyl (C=O) groups is 1. The quantitative estimate of drug-likeness (QED) is 0.911. The Morgan fingerprint density at radius 1 is 1.05 bits per heavy atom. The van der Waals surface area contributed by atoms with Crippen LogP contribution in [0.4, 0.5) is 0 Å². The second-order valence-corrected chi connectivity index (χ2v) is 4.30. The number of benzene rings is 2. The van der Waals surface area contributed by atoms with Gasteiger partial charge in [-0.15, -0.1) is 0 Å². The Bertz CT molecular complexity index is 552. The maximum Gasteiger partial charge on any atom is 0.251 e. The topological polar surface area (TPSA) is 38.3 Å². The van der Waals surface area contributed by atoms with Crippen LogP contribution in [0.2, 0.25) is 0 Å². The van der Waals surface area contributed by atoms with Crippen LogP contribution in [0.1, 0.15) is 28.9 Å². The van der Waals surface area contributed by atoms with Gasteiger partial charge in [-0.3, -0.25) is 4.79 Å². The van der Waals surface area contributed by atoms with Gasteiger partial charge in [0, 0.05) is 11.1 Å². The SMILES string of the molecule is COc1ccccc1[C@H](C)NC(=O)c1ccccc1. The first-order valence-corrected chi connectivity index (χ1v) is 6.21. The van der Waals surface area contributed by atoms with Gasteiger partial charge in [0.05, 0.1) is 13.2 Å². The Kier molecular flexibility index (Phi) is 4.18. The van der Waals surface area contributed by atoms with Gasteiger partial charge in [0.2, 0.25) is 0 Å². The number of hydrogen-bond donors (Lipinski definition) is 1. The first-order chi connectivity index (χ1) is 9.22. The molecule has 3 heteroatoms. The average Bonchev–Trinajstić information content (AvgIpc) is 2.48. The predicted octanol–water partition coefficient (Wildman–Crippen LogP) is 3.19. The van der Waals surface area contributed by atoms with E-state index < -0.39 is 0 Å². The Balaban J connectivity index is 2.13. The largest absolute Gasteiger partial charge is 0.496 e. The second-order valence-electron chi connectivity index (χ2n) is 4.30. The fraction of sp³-hybridized carbons (Fsp3) is 0.188. The Morgan fingerprint density at radius 3 is 2.37 bits per heavy atom. The highest BCUT2D eigenvalue weighted by Gasteiger charge is 2.14. The maximum absolute atomic E-state index is 12.1. The molecule has 19 heavy (non-hydrogen) atoms. The number of amides is 1. The lowest BCUT2D eigenvalue weighted by atomic mass is 10.1. The van der Waals surface area contributed by atoms with Crippen LogP contribution in [0.25, 0.3) is 0 Å². The third kappa shape index (κ3) is 3.13. The van der Waals surface area contributed by atoms with Crippen LogP contribution in [0.15, 0.2) is 54.6 Å². The summed E-state index contributed by atoms with van der Waals surface area (Å²) in [6, 6.07) is 16.8. The van der Waals surface area contributed by atoms with Crippen molar-refractivity contribution in [2.24, 2.45) is 0 Å². The molecular formula is C16H17NO2. The molecule has 2 aromatic carbocycles. The Labute approximate surface area is 113 Å². The lowest BCUT2D eigenvalue weighted by Gasteiger charge is -2.17. The van der Waals surface area contributed by atoms with Crippen molar-refractivity contribution in [1.29, 1.82) is 0 Å². The van der Waals surface area contributed by atoms with Crippen LogP contribution < -0.4 is 10.1 Å². The summed E-state index contributed by atoms with van der Waals surface area (Å²) < 4.78 is 5.30. The number of rotatable bonds is 4. The van der Waals surface area contributed by atoms with Crippen molar-refractivity contribution in [2.75, 3.05) is 7.11 Å². The van der Waals surface area contributed by atoms with Crippen molar-refractivity contribution in [3.05, 3.63) is 65.7 Å². The first kappa shape index (κ1) is 13.1. The van der Waals surface area contributed by atoms with Gasteiger partial charge >= 0.3 is 0 Å². The van der Waals surface area contributed by atoms with E-state index in [0.717, 1.165) is 11.3 Å².